The minimum Gasteiger partial charge on any atom is -0.481 e. The number of alkyl halides is 2. The Morgan fingerprint density at radius 2 is 1.83 bits per heavy atom. The standard InChI is InChI=1S/C14H18F2O2/c1-4-8-14(15,16)11-7-5-6-10(9-11)13(2,3)12(17)18/h5-7,9H,4,8H2,1-3H3,(H,17,18). The lowest BCUT2D eigenvalue weighted by Crippen LogP contribution is -2.29. The number of aliphatic carboxylic acids is 1. The van der Waals surface area contributed by atoms with E-state index in [1.54, 1.807) is 13.0 Å². The normalized spacial score (nSPS) is 12.5. The Morgan fingerprint density at radius 3 is 2.33 bits per heavy atom. The first-order valence-corrected chi connectivity index (χ1v) is 5.94. The van der Waals surface area contributed by atoms with Gasteiger partial charge < -0.3 is 5.11 Å². The molecule has 0 heterocycles. The topological polar surface area (TPSA) is 37.3 Å². The van der Waals surface area contributed by atoms with Gasteiger partial charge in [0, 0.05) is 12.0 Å². The highest BCUT2D eigenvalue weighted by Gasteiger charge is 2.34. The largest absolute Gasteiger partial charge is 0.481 e. The molecule has 1 aromatic carbocycles. The summed E-state index contributed by atoms with van der Waals surface area (Å²) in [6.45, 7) is 4.71. The van der Waals surface area contributed by atoms with Crippen LogP contribution in [0.4, 0.5) is 8.78 Å². The fourth-order valence-electron chi connectivity index (χ4n) is 1.72. The fourth-order valence-corrected chi connectivity index (χ4v) is 1.72. The molecule has 1 N–H and O–H groups in total. The second kappa shape index (κ2) is 5.04. The Bertz CT molecular complexity index is 439. The molecule has 0 aliphatic rings. The van der Waals surface area contributed by atoms with Crippen LogP contribution in [0, 0.1) is 0 Å². The van der Waals surface area contributed by atoms with Crippen molar-refractivity contribution >= 4 is 5.97 Å². The number of carboxylic acids is 1. The third-order valence-electron chi connectivity index (χ3n) is 3.11. The smallest absolute Gasteiger partial charge is 0.313 e. The average molecular weight is 256 g/mol. The first-order chi connectivity index (χ1) is 8.21. The molecule has 0 atom stereocenters. The van der Waals surface area contributed by atoms with Gasteiger partial charge in [-0.1, -0.05) is 31.5 Å². The highest BCUT2D eigenvalue weighted by molar-refractivity contribution is 5.80. The van der Waals surface area contributed by atoms with Gasteiger partial charge in [0.25, 0.3) is 5.92 Å². The monoisotopic (exact) mass is 256 g/mol. The molecule has 18 heavy (non-hydrogen) atoms. The summed E-state index contributed by atoms with van der Waals surface area (Å²) in [7, 11) is 0. The summed E-state index contributed by atoms with van der Waals surface area (Å²) < 4.78 is 27.6. The van der Waals surface area contributed by atoms with E-state index in [0.29, 0.717) is 12.0 Å². The van der Waals surface area contributed by atoms with Crippen molar-refractivity contribution in [2.75, 3.05) is 0 Å². The van der Waals surface area contributed by atoms with E-state index >= 15 is 0 Å². The van der Waals surface area contributed by atoms with Crippen LogP contribution in [0.25, 0.3) is 0 Å². The maximum absolute atomic E-state index is 13.8. The third-order valence-corrected chi connectivity index (χ3v) is 3.11. The number of carboxylic acid groups (broad SMARTS) is 1. The highest BCUT2D eigenvalue weighted by atomic mass is 19.3. The van der Waals surface area contributed by atoms with Crippen molar-refractivity contribution in [1.82, 2.24) is 0 Å². The van der Waals surface area contributed by atoms with Gasteiger partial charge in [-0.2, -0.15) is 0 Å². The van der Waals surface area contributed by atoms with Gasteiger partial charge in [0.1, 0.15) is 0 Å². The van der Waals surface area contributed by atoms with E-state index in [2.05, 4.69) is 0 Å². The van der Waals surface area contributed by atoms with Gasteiger partial charge >= 0.3 is 5.97 Å². The van der Waals surface area contributed by atoms with E-state index in [1.165, 1.54) is 32.0 Å². The van der Waals surface area contributed by atoms with E-state index < -0.39 is 17.3 Å². The van der Waals surface area contributed by atoms with Gasteiger partial charge in [-0.15, -0.1) is 0 Å². The maximum Gasteiger partial charge on any atom is 0.313 e. The fraction of sp³-hybridized carbons (Fsp3) is 0.500. The molecule has 1 aromatic rings. The van der Waals surface area contributed by atoms with Gasteiger partial charge in [-0.05, 0) is 25.5 Å². The minimum absolute atomic E-state index is 0.115. The molecule has 0 aromatic heterocycles. The van der Waals surface area contributed by atoms with E-state index in [9.17, 15) is 13.6 Å². The summed E-state index contributed by atoms with van der Waals surface area (Å²) in [6.07, 6.45) is 0.142. The first kappa shape index (κ1) is 14.6. The predicted octanol–water partition coefficient (Wildman–Crippen LogP) is 3.94. The summed E-state index contributed by atoms with van der Waals surface area (Å²) in [6, 6.07) is 5.69. The lowest BCUT2D eigenvalue weighted by Gasteiger charge is -2.22. The Hall–Kier alpha value is -1.45. The molecule has 1 rings (SSSR count). The molecule has 0 radical (unpaired) electrons. The number of rotatable bonds is 5. The number of benzene rings is 1. The van der Waals surface area contributed by atoms with Crippen molar-refractivity contribution in [3.63, 3.8) is 0 Å². The molecule has 2 nitrogen and oxygen atoms in total. The number of hydrogen-bond donors (Lipinski definition) is 1. The number of halogens is 2. The SMILES string of the molecule is CCCC(F)(F)c1cccc(C(C)(C)C(=O)O)c1. The molecule has 0 saturated heterocycles. The van der Waals surface area contributed by atoms with E-state index in [1.807, 2.05) is 0 Å². The maximum atomic E-state index is 13.8. The zero-order chi connectivity index (χ0) is 14.0. The molecule has 0 spiro atoms. The van der Waals surface area contributed by atoms with Gasteiger partial charge in [0.15, 0.2) is 0 Å². The lowest BCUT2D eigenvalue weighted by atomic mass is 9.83. The van der Waals surface area contributed by atoms with E-state index in [0.717, 1.165) is 0 Å². The highest BCUT2D eigenvalue weighted by Crippen LogP contribution is 2.35. The zero-order valence-electron chi connectivity index (χ0n) is 10.8. The number of carbonyl (C=O) groups is 1. The number of hydrogen-bond acceptors (Lipinski definition) is 1. The molecule has 0 amide bonds. The minimum atomic E-state index is -2.90. The Kier molecular flexibility index (Phi) is 4.09. The Balaban J connectivity index is 3.18. The molecule has 0 unspecified atom stereocenters. The Morgan fingerprint density at radius 1 is 1.28 bits per heavy atom. The summed E-state index contributed by atoms with van der Waals surface area (Å²) in [5.74, 6) is -3.93. The van der Waals surface area contributed by atoms with Crippen LogP contribution in [0.15, 0.2) is 24.3 Å². The second-order valence-electron chi connectivity index (χ2n) is 4.97. The predicted molar refractivity (Wildman–Crippen MR) is 65.9 cm³/mol. The van der Waals surface area contributed by atoms with E-state index in [4.69, 9.17) is 5.11 Å². The molecule has 0 bridgehead atoms. The molecule has 100 valence electrons. The van der Waals surface area contributed by atoms with Crippen molar-refractivity contribution in [2.45, 2.75) is 45.0 Å². The van der Waals surface area contributed by atoms with E-state index in [-0.39, 0.29) is 12.0 Å². The van der Waals surface area contributed by atoms with Crippen LogP contribution in [0.5, 0.6) is 0 Å². The summed E-state index contributed by atoms with van der Waals surface area (Å²) in [5.41, 5.74) is -0.891. The summed E-state index contributed by atoms with van der Waals surface area (Å²) in [4.78, 5) is 11.1. The van der Waals surface area contributed by atoms with Crippen molar-refractivity contribution < 1.29 is 18.7 Å². The van der Waals surface area contributed by atoms with Crippen LogP contribution in [0.3, 0.4) is 0 Å². The van der Waals surface area contributed by atoms with Crippen LogP contribution in [0.1, 0.15) is 44.7 Å². The van der Waals surface area contributed by atoms with Crippen LogP contribution in [-0.2, 0) is 16.1 Å². The zero-order valence-corrected chi connectivity index (χ0v) is 10.8. The van der Waals surface area contributed by atoms with Crippen LogP contribution >= 0.6 is 0 Å². The van der Waals surface area contributed by atoms with Gasteiger partial charge in [-0.25, -0.2) is 8.78 Å². The molecular formula is C14H18F2O2. The quantitative estimate of drug-likeness (QED) is 0.866. The summed E-state index contributed by atoms with van der Waals surface area (Å²) >= 11 is 0. The van der Waals surface area contributed by atoms with Crippen molar-refractivity contribution in [3.05, 3.63) is 35.4 Å². The van der Waals surface area contributed by atoms with Gasteiger partial charge in [0.05, 0.1) is 5.41 Å². The molecule has 0 aliphatic carbocycles. The van der Waals surface area contributed by atoms with Crippen molar-refractivity contribution in [2.24, 2.45) is 0 Å². The lowest BCUT2D eigenvalue weighted by molar-refractivity contribution is -0.142. The van der Waals surface area contributed by atoms with Crippen molar-refractivity contribution in [1.29, 1.82) is 0 Å². The molecule has 4 heteroatoms. The molecular weight excluding hydrogens is 238 g/mol. The summed E-state index contributed by atoms with van der Waals surface area (Å²) in [5, 5.41) is 9.10. The third kappa shape index (κ3) is 2.86. The van der Waals surface area contributed by atoms with Crippen molar-refractivity contribution in [3.8, 4) is 0 Å². The first-order valence-electron chi connectivity index (χ1n) is 5.94. The van der Waals surface area contributed by atoms with Crippen LogP contribution < -0.4 is 0 Å². The van der Waals surface area contributed by atoms with Crippen LogP contribution in [-0.4, -0.2) is 11.1 Å². The Labute approximate surface area is 106 Å². The molecule has 0 aliphatic heterocycles. The second-order valence-corrected chi connectivity index (χ2v) is 4.97. The van der Waals surface area contributed by atoms with Gasteiger partial charge in [0.2, 0.25) is 0 Å². The van der Waals surface area contributed by atoms with Crippen LogP contribution in [0.2, 0.25) is 0 Å². The molecule has 0 fully saturated rings. The average Bonchev–Trinajstić information content (AvgIpc) is 2.29. The molecule has 0 saturated carbocycles. The van der Waals surface area contributed by atoms with Gasteiger partial charge in [-0.3, -0.25) is 4.79 Å².